The summed E-state index contributed by atoms with van der Waals surface area (Å²) in [5, 5.41) is 2.59. The number of hydrogen-bond donors (Lipinski definition) is 2. The van der Waals surface area contributed by atoms with E-state index >= 15 is 0 Å². The van der Waals surface area contributed by atoms with Crippen molar-refractivity contribution in [3.63, 3.8) is 0 Å². The van der Waals surface area contributed by atoms with Crippen LogP contribution in [0.3, 0.4) is 0 Å². The lowest BCUT2D eigenvalue weighted by molar-refractivity contribution is -0.137. The van der Waals surface area contributed by atoms with Crippen molar-refractivity contribution in [2.24, 2.45) is 0 Å². The zero-order valence-electron chi connectivity index (χ0n) is 13.1. The van der Waals surface area contributed by atoms with Gasteiger partial charge < -0.3 is 5.32 Å². The van der Waals surface area contributed by atoms with Crippen LogP contribution in [0.1, 0.15) is 11.1 Å². The van der Waals surface area contributed by atoms with Crippen molar-refractivity contribution in [2.75, 3.05) is 16.3 Å². The number of alkyl halides is 3. The number of nitrogens with one attached hydrogen (secondary N) is 2. The second-order valence-electron chi connectivity index (χ2n) is 5.37. The van der Waals surface area contributed by atoms with Crippen molar-refractivity contribution in [2.45, 2.75) is 12.6 Å². The van der Waals surface area contributed by atoms with Crippen molar-refractivity contribution in [3.8, 4) is 0 Å². The van der Waals surface area contributed by atoms with Crippen molar-refractivity contribution in [1.82, 2.24) is 0 Å². The summed E-state index contributed by atoms with van der Waals surface area (Å²) >= 11 is 0. The van der Waals surface area contributed by atoms with Gasteiger partial charge >= 0.3 is 6.18 Å². The van der Waals surface area contributed by atoms with Crippen LogP contribution in [-0.2, 0) is 27.4 Å². The molecule has 2 aromatic rings. The first-order chi connectivity index (χ1) is 11.5. The van der Waals surface area contributed by atoms with Gasteiger partial charge in [0.05, 0.1) is 18.2 Å². The van der Waals surface area contributed by atoms with Gasteiger partial charge in [0, 0.05) is 11.4 Å². The molecule has 0 saturated carbocycles. The highest BCUT2D eigenvalue weighted by molar-refractivity contribution is 7.92. The third-order valence-corrected chi connectivity index (χ3v) is 3.72. The first-order valence-electron chi connectivity index (χ1n) is 7.07. The van der Waals surface area contributed by atoms with E-state index in [0.29, 0.717) is 16.9 Å². The van der Waals surface area contributed by atoms with Crippen LogP contribution < -0.4 is 10.0 Å². The Kier molecular flexibility index (Phi) is 5.36. The second-order valence-corrected chi connectivity index (χ2v) is 7.12. The van der Waals surface area contributed by atoms with Crippen LogP contribution in [0, 0.1) is 0 Å². The zero-order valence-corrected chi connectivity index (χ0v) is 13.9. The van der Waals surface area contributed by atoms with Gasteiger partial charge in [0.1, 0.15) is 0 Å². The third kappa shape index (κ3) is 6.11. The number of halogens is 3. The summed E-state index contributed by atoms with van der Waals surface area (Å²) in [7, 11) is -3.39. The lowest BCUT2D eigenvalue weighted by atomic mass is 10.1. The highest BCUT2D eigenvalue weighted by Crippen LogP contribution is 2.29. The van der Waals surface area contributed by atoms with Gasteiger partial charge in [-0.25, -0.2) is 8.42 Å². The molecule has 0 aliphatic rings. The molecule has 5 nitrogen and oxygen atoms in total. The number of carbonyl (C=O) groups is 1. The molecule has 0 aliphatic carbocycles. The summed E-state index contributed by atoms with van der Waals surface area (Å²) in [5.41, 5.74) is 0.464. The van der Waals surface area contributed by atoms with E-state index in [1.54, 1.807) is 0 Å². The Morgan fingerprint density at radius 3 is 1.96 bits per heavy atom. The van der Waals surface area contributed by atoms with Crippen molar-refractivity contribution < 1.29 is 26.4 Å². The fourth-order valence-electron chi connectivity index (χ4n) is 2.04. The maximum absolute atomic E-state index is 12.5. The fourth-order valence-corrected chi connectivity index (χ4v) is 2.60. The summed E-state index contributed by atoms with van der Waals surface area (Å²) in [6.45, 7) is 0. The molecule has 134 valence electrons. The van der Waals surface area contributed by atoms with E-state index in [2.05, 4.69) is 10.0 Å². The van der Waals surface area contributed by atoms with Crippen molar-refractivity contribution in [1.29, 1.82) is 0 Å². The molecular weight excluding hydrogens is 357 g/mol. The van der Waals surface area contributed by atoms with Crippen LogP contribution >= 0.6 is 0 Å². The largest absolute Gasteiger partial charge is 0.416 e. The SMILES string of the molecule is CS(=O)(=O)Nc1ccc(NC(=O)Cc2ccc(C(F)(F)F)cc2)cc1. The first kappa shape index (κ1) is 18.8. The van der Waals surface area contributed by atoms with Gasteiger partial charge in [-0.2, -0.15) is 13.2 Å². The molecule has 0 bridgehead atoms. The van der Waals surface area contributed by atoms with E-state index in [4.69, 9.17) is 0 Å². The number of benzene rings is 2. The molecule has 0 fully saturated rings. The van der Waals surface area contributed by atoms with Gasteiger partial charge in [0.25, 0.3) is 0 Å². The Hall–Kier alpha value is -2.55. The molecular formula is C16H15F3N2O3S. The molecule has 0 saturated heterocycles. The van der Waals surface area contributed by atoms with Gasteiger partial charge in [-0.1, -0.05) is 12.1 Å². The number of rotatable bonds is 5. The highest BCUT2D eigenvalue weighted by Gasteiger charge is 2.29. The van der Waals surface area contributed by atoms with Crippen LogP contribution in [-0.4, -0.2) is 20.6 Å². The van der Waals surface area contributed by atoms with E-state index in [1.807, 2.05) is 0 Å². The van der Waals surface area contributed by atoms with E-state index in [-0.39, 0.29) is 6.42 Å². The Morgan fingerprint density at radius 1 is 0.960 bits per heavy atom. The van der Waals surface area contributed by atoms with E-state index in [9.17, 15) is 26.4 Å². The Bertz CT molecular complexity index is 846. The number of hydrogen-bond acceptors (Lipinski definition) is 3. The van der Waals surface area contributed by atoms with Crippen LogP contribution in [0.2, 0.25) is 0 Å². The maximum Gasteiger partial charge on any atom is 0.416 e. The Morgan fingerprint density at radius 2 is 1.48 bits per heavy atom. The minimum atomic E-state index is -4.41. The monoisotopic (exact) mass is 372 g/mol. The lowest BCUT2D eigenvalue weighted by Gasteiger charge is -2.09. The standard InChI is InChI=1S/C16H15F3N2O3S/c1-25(23,24)21-14-8-6-13(7-9-14)20-15(22)10-11-2-4-12(5-3-11)16(17,18)19/h2-9,21H,10H2,1H3,(H,20,22). The van der Waals surface area contributed by atoms with Gasteiger partial charge in [0.2, 0.25) is 15.9 Å². The van der Waals surface area contributed by atoms with Gasteiger partial charge in [-0.05, 0) is 42.0 Å². The molecule has 0 heterocycles. The summed E-state index contributed by atoms with van der Waals surface area (Å²) < 4.78 is 61.9. The second kappa shape index (κ2) is 7.14. The maximum atomic E-state index is 12.5. The molecule has 1 amide bonds. The Labute approximate surface area is 142 Å². The smallest absolute Gasteiger partial charge is 0.326 e. The number of anilines is 2. The van der Waals surface area contributed by atoms with Gasteiger partial charge in [-0.15, -0.1) is 0 Å². The molecule has 25 heavy (non-hydrogen) atoms. The molecule has 0 aromatic heterocycles. The van der Waals surface area contributed by atoms with Gasteiger partial charge in [-0.3, -0.25) is 9.52 Å². The average molecular weight is 372 g/mol. The fraction of sp³-hybridized carbons (Fsp3) is 0.188. The number of sulfonamides is 1. The number of carbonyl (C=O) groups excluding carboxylic acids is 1. The zero-order chi connectivity index (χ0) is 18.7. The normalized spacial score (nSPS) is 11.8. The molecule has 2 N–H and O–H groups in total. The van der Waals surface area contributed by atoms with Gasteiger partial charge in [0.15, 0.2) is 0 Å². The molecule has 2 rings (SSSR count). The topological polar surface area (TPSA) is 75.3 Å². The predicted molar refractivity (Wildman–Crippen MR) is 88.7 cm³/mol. The van der Waals surface area contributed by atoms with Crippen LogP contribution in [0.15, 0.2) is 48.5 Å². The predicted octanol–water partition coefficient (Wildman–Crippen LogP) is 3.26. The molecule has 0 atom stereocenters. The van der Waals surface area contributed by atoms with E-state index in [1.165, 1.54) is 36.4 Å². The third-order valence-electron chi connectivity index (χ3n) is 3.12. The summed E-state index contributed by atoms with van der Waals surface area (Å²) in [6.07, 6.45) is -3.48. The number of amides is 1. The summed E-state index contributed by atoms with van der Waals surface area (Å²) in [4.78, 5) is 11.9. The molecule has 0 spiro atoms. The Balaban J connectivity index is 1.96. The van der Waals surface area contributed by atoms with Crippen LogP contribution in [0.4, 0.5) is 24.5 Å². The summed E-state index contributed by atoms with van der Waals surface area (Å²) in [6, 6.07) is 10.3. The molecule has 0 unspecified atom stereocenters. The molecule has 0 radical (unpaired) electrons. The lowest BCUT2D eigenvalue weighted by Crippen LogP contribution is -2.15. The highest BCUT2D eigenvalue weighted by atomic mass is 32.2. The molecule has 0 aliphatic heterocycles. The van der Waals surface area contributed by atoms with E-state index in [0.717, 1.165) is 18.4 Å². The minimum Gasteiger partial charge on any atom is -0.326 e. The quantitative estimate of drug-likeness (QED) is 0.846. The first-order valence-corrected chi connectivity index (χ1v) is 8.96. The van der Waals surface area contributed by atoms with Crippen molar-refractivity contribution >= 4 is 27.3 Å². The minimum absolute atomic E-state index is 0.0819. The molecule has 9 heteroatoms. The summed E-state index contributed by atoms with van der Waals surface area (Å²) in [5.74, 6) is -0.399. The van der Waals surface area contributed by atoms with Crippen LogP contribution in [0.25, 0.3) is 0 Å². The van der Waals surface area contributed by atoms with Crippen LogP contribution in [0.5, 0.6) is 0 Å². The van der Waals surface area contributed by atoms with E-state index < -0.39 is 27.7 Å². The van der Waals surface area contributed by atoms with Crippen molar-refractivity contribution in [3.05, 3.63) is 59.7 Å². The molecule has 2 aromatic carbocycles. The average Bonchev–Trinajstić information content (AvgIpc) is 2.47.